The SMILES string of the molecule is Cc1cccc(C(=O)N2CCC3(CC2)Nc2ccc(C)c(C)c2-n2cccc23)c1. The molecule has 0 saturated carbocycles. The molecule has 29 heavy (non-hydrogen) atoms. The average molecular weight is 386 g/mol. The maximum absolute atomic E-state index is 13.0. The summed E-state index contributed by atoms with van der Waals surface area (Å²) in [6, 6.07) is 16.7. The summed E-state index contributed by atoms with van der Waals surface area (Å²) < 4.78 is 2.35. The molecule has 0 unspecified atom stereocenters. The number of carbonyl (C=O) groups excluding carboxylic acids is 1. The third kappa shape index (κ3) is 2.78. The fraction of sp³-hybridized carbons (Fsp3) is 0.320. The molecule has 1 spiro atoms. The zero-order chi connectivity index (χ0) is 20.2. The second-order valence-electron chi connectivity index (χ2n) is 8.54. The van der Waals surface area contributed by atoms with Gasteiger partial charge in [-0.1, -0.05) is 23.8 Å². The molecule has 1 N–H and O–H groups in total. The molecule has 4 heteroatoms. The first-order chi connectivity index (χ1) is 14.0. The van der Waals surface area contributed by atoms with E-state index in [9.17, 15) is 4.79 Å². The minimum absolute atomic E-state index is 0.123. The summed E-state index contributed by atoms with van der Waals surface area (Å²) in [6.07, 6.45) is 3.98. The molecule has 1 saturated heterocycles. The standard InChI is InChI=1S/C25H27N3O/c1-17-6-4-7-20(16-17)24(29)27-14-11-25(12-15-27)22-8-5-13-28(22)23-19(3)18(2)9-10-21(23)26-25/h4-10,13,16,26H,11-12,14-15H2,1-3H3. The summed E-state index contributed by atoms with van der Waals surface area (Å²) in [7, 11) is 0. The monoisotopic (exact) mass is 385 g/mol. The van der Waals surface area contributed by atoms with Crippen molar-refractivity contribution in [3.05, 3.63) is 82.7 Å². The van der Waals surface area contributed by atoms with Crippen LogP contribution in [0.3, 0.4) is 0 Å². The maximum atomic E-state index is 13.0. The van der Waals surface area contributed by atoms with E-state index in [1.807, 2.05) is 36.1 Å². The first-order valence-corrected chi connectivity index (χ1v) is 10.4. The number of aromatic nitrogens is 1. The number of benzene rings is 2. The molecular weight excluding hydrogens is 358 g/mol. The molecule has 0 aliphatic carbocycles. The first kappa shape index (κ1) is 18.0. The summed E-state index contributed by atoms with van der Waals surface area (Å²) in [5, 5.41) is 3.87. The molecule has 1 amide bonds. The van der Waals surface area contributed by atoms with Gasteiger partial charge in [0.2, 0.25) is 0 Å². The molecule has 2 aliphatic rings. The molecule has 5 rings (SSSR count). The van der Waals surface area contributed by atoms with Crippen molar-refractivity contribution in [2.24, 2.45) is 0 Å². The zero-order valence-electron chi connectivity index (χ0n) is 17.3. The van der Waals surface area contributed by atoms with Gasteiger partial charge in [0.25, 0.3) is 5.91 Å². The second kappa shape index (κ2) is 6.51. The van der Waals surface area contributed by atoms with Gasteiger partial charge in [-0.25, -0.2) is 0 Å². The van der Waals surface area contributed by atoms with E-state index in [1.54, 1.807) is 0 Å². The lowest BCUT2D eigenvalue weighted by atomic mass is 9.81. The van der Waals surface area contributed by atoms with E-state index in [-0.39, 0.29) is 11.4 Å². The van der Waals surface area contributed by atoms with Gasteiger partial charge in [0.15, 0.2) is 0 Å². The molecule has 4 nitrogen and oxygen atoms in total. The average Bonchev–Trinajstić information content (AvgIpc) is 3.22. The van der Waals surface area contributed by atoms with Crippen LogP contribution in [0.1, 0.15) is 45.6 Å². The van der Waals surface area contributed by atoms with Gasteiger partial charge in [0.05, 0.1) is 16.9 Å². The number of piperidine rings is 1. The van der Waals surface area contributed by atoms with Gasteiger partial charge in [-0.15, -0.1) is 0 Å². The third-order valence-electron chi connectivity index (χ3n) is 6.72. The molecular formula is C25H27N3O. The minimum atomic E-state index is -0.123. The van der Waals surface area contributed by atoms with E-state index in [0.717, 1.165) is 37.1 Å². The number of hydrogen-bond donors (Lipinski definition) is 1. The zero-order valence-corrected chi connectivity index (χ0v) is 17.3. The Bertz CT molecular complexity index is 1100. The van der Waals surface area contributed by atoms with Crippen LogP contribution < -0.4 is 5.32 Å². The largest absolute Gasteiger partial charge is 0.372 e. The smallest absolute Gasteiger partial charge is 0.253 e. The van der Waals surface area contributed by atoms with Crippen LogP contribution in [0.5, 0.6) is 0 Å². The number of rotatable bonds is 1. The van der Waals surface area contributed by atoms with Gasteiger partial charge < -0.3 is 14.8 Å². The van der Waals surface area contributed by atoms with Gasteiger partial charge in [0.1, 0.15) is 0 Å². The van der Waals surface area contributed by atoms with E-state index in [1.165, 1.54) is 28.2 Å². The highest BCUT2D eigenvalue weighted by Gasteiger charge is 2.42. The van der Waals surface area contributed by atoms with Crippen molar-refractivity contribution in [3.63, 3.8) is 0 Å². The highest BCUT2D eigenvalue weighted by Crippen LogP contribution is 2.44. The number of fused-ring (bicyclic) bond motifs is 4. The molecule has 1 fully saturated rings. The molecule has 0 atom stereocenters. The molecule has 148 valence electrons. The number of likely N-dealkylation sites (tertiary alicyclic amines) is 1. The maximum Gasteiger partial charge on any atom is 0.253 e. The summed E-state index contributed by atoms with van der Waals surface area (Å²) in [6.45, 7) is 7.90. The number of carbonyl (C=O) groups is 1. The Labute approximate surface area is 172 Å². The van der Waals surface area contributed by atoms with Crippen molar-refractivity contribution >= 4 is 11.6 Å². The fourth-order valence-corrected chi connectivity index (χ4v) is 4.93. The third-order valence-corrected chi connectivity index (χ3v) is 6.72. The van der Waals surface area contributed by atoms with Crippen molar-refractivity contribution in [3.8, 4) is 5.69 Å². The van der Waals surface area contributed by atoms with Crippen molar-refractivity contribution in [2.45, 2.75) is 39.2 Å². The second-order valence-corrected chi connectivity index (χ2v) is 8.54. The van der Waals surface area contributed by atoms with Crippen molar-refractivity contribution in [1.29, 1.82) is 0 Å². The number of aryl methyl sites for hydroxylation is 2. The van der Waals surface area contributed by atoms with Crippen LogP contribution in [0.4, 0.5) is 5.69 Å². The van der Waals surface area contributed by atoms with E-state index < -0.39 is 0 Å². The van der Waals surface area contributed by atoms with Crippen LogP contribution >= 0.6 is 0 Å². The number of nitrogens with one attached hydrogen (secondary N) is 1. The van der Waals surface area contributed by atoms with Gasteiger partial charge in [0, 0.05) is 30.5 Å². The Morgan fingerprint density at radius 1 is 1.00 bits per heavy atom. The van der Waals surface area contributed by atoms with Crippen LogP contribution in [0.25, 0.3) is 5.69 Å². The van der Waals surface area contributed by atoms with Crippen molar-refractivity contribution < 1.29 is 4.79 Å². The summed E-state index contributed by atoms with van der Waals surface area (Å²) >= 11 is 0. The van der Waals surface area contributed by atoms with Crippen LogP contribution in [-0.4, -0.2) is 28.5 Å². The van der Waals surface area contributed by atoms with Gasteiger partial charge in [-0.2, -0.15) is 0 Å². The first-order valence-electron chi connectivity index (χ1n) is 10.4. The van der Waals surface area contributed by atoms with Gasteiger partial charge in [-0.3, -0.25) is 4.79 Å². The summed E-state index contributed by atoms with van der Waals surface area (Å²) in [5.74, 6) is 0.140. The van der Waals surface area contributed by atoms with E-state index in [4.69, 9.17) is 0 Å². The van der Waals surface area contributed by atoms with Gasteiger partial charge in [-0.05, 0) is 75.1 Å². The number of nitrogens with zero attached hydrogens (tertiary/aromatic N) is 2. The Morgan fingerprint density at radius 2 is 1.79 bits per heavy atom. The highest BCUT2D eigenvalue weighted by atomic mass is 16.2. The Hall–Kier alpha value is -3.01. The molecule has 3 heterocycles. The Morgan fingerprint density at radius 3 is 2.55 bits per heavy atom. The molecule has 0 radical (unpaired) electrons. The van der Waals surface area contributed by atoms with E-state index >= 15 is 0 Å². The number of amides is 1. The highest BCUT2D eigenvalue weighted by molar-refractivity contribution is 5.94. The lowest BCUT2D eigenvalue weighted by Crippen LogP contribution is -2.51. The van der Waals surface area contributed by atoms with Gasteiger partial charge >= 0.3 is 0 Å². The lowest BCUT2D eigenvalue weighted by molar-refractivity contribution is 0.0676. The molecule has 2 aromatic carbocycles. The quantitative estimate of drug-likeness (QED) is 0.643. The molecule has 0 bridgehead atoms. The topological polar surface area (TPSA) is 37.3 Å². The predicted octanol–water partition coefficient (Wildman–Crippen LogP) is 4.96. The summed E-state index contributed by atoms with van der Waals surface area (Å²) in [4.78, 5) is 15.0. The minimum Gasteiger partial charge on any atom is -0.372 e. The lowest BCUT2D eigenvalue weighted by Gasteiger charge is -2.46. The predicted molar refractivity (Wildman–Crippen MR) is 117 cm³/mol. The molecule has 1 aromatic heterocycles. The molecule has 3 aromatic rings. The Balaban J connectivity index is 1.44. The Kier molecular flexibility index (Phi) is 4.05. The van der Waals surface area contributed by atoms with Crippen LogP contribution in [0.2, 0.25) is 0 Å². The number of hydrogen-bond acceptors (Lipinski definition) is 2. The van der Waals surface area contributed by atoms with E-state index in [2.05, 4.69) is 54.2 Å². The van der Waals surface area contributed by atoms with Crippen LogP contribution in [0, 0.1) is 20.8 Å². The number of anilines is 1. The van der Waals surface area contributed by atoms with Crippen molar-refractivity contribution in [2.75, 3.05) is 18.4 Å². The van der Waals surface area contributed by atoms with Crippen molar-refractivity contribution in [1.82, 2.24) is 9.47 Å². The van der Waals surface area contributed by atoms with Crippen LogP contribution in [-0.2, 0) is 5.54 Å². The fourth-order valence-electron chi connectivity index (χ4n) is 4.93. The van der Waals surface area contributed by atoms with E-state index in [0.29, 0.717) is 0 Å². The normalized spacial score (nSPS) is 16.9. The summed E-state index contributed by atoms with van der Waals surface area (Å²) in [5.41, 5.74) is 8.16. The molecule has 2 aliphatic heterocycles. The van der Waals surface area contributed by atoms with Crippen LogP contribution in [0.15, 0.2) is 54.7 Å².